The van der Waals surface area contributed by atoms with Gasteiger partial charge in [-0.1, -0.05) is 6.92 Å². The molecule has 94 valence electrons. The second kappa shape index (κ2) is 5.45. The van der Waals surface area contributed by atoms with Crippen LogP contribution >= 0.6 is 0 Å². The summed E-state index contributed by atoms with van der Waals surface area (Å²) in [4.78, 5) is 4.90. The van der Waals surface area contributed by atoms with Crippen molar-refractivity contribution < 1.29 is 5.11 Å². The van der Waals surface area contributed by atoms with Crippen LogP contribution in [-0.2, 0) is 0 Å². The molecule has 0 spiro atoms. The van der Waals surface area contributed by atoms with Crippen LogP contribution in [0.2, 0.25) is 0 Å². The summed E-state index contributed by atoms with van der Waals surface area (Å²) in [6.07, 6.45) is 2.45. The van der Waals surface area contributed by atoms with Crippen molar-refractivity contribution in [1.29, 1.82) is 0 Å². The van der Waals surface area contributed by atoms with Crippen molar-refractivity contribution >= 4 is 0 Å². The SMILES string of the molecule is CCN1CCCC1CN(C)C1CNCC1O. The quantitative estimate of drug-likeness (QED) is 0.694. The molecule has 2 heterocycles. The van der Waals surface area contributed by atoms with E-state index in [1.165, 1.54) is 19.4 Å². The van der Waals surface area contributed by atoms with Crippen molar-refractivity contribution in [3.8, 4) is 0 Å². The van der Waals surface area contributed by atoms with Crippen molar-refractivity contribution in [2.75, 3.05) is 39.8 Å². The molecule has 0 saturated carbocycles. The van der Waals surface area contributed by atoms with Gasteiger partial charge in [0.15, 0.2) is 0 Å². The number of nitrogens with one attached hydrogen (secondary N) is 1. The maximum atomic E-state index is 9.84. The largest absolute Gasteiger partial charge is 0.390 e. The summed E-state index contributed by atoms with van der Waals surface area (Å²) in [5.74, 6) is 0. The first-order chi connectivity index (χ1) is 7.72. The lowest BCUT2D eigenvalue weighted by Crippen LogP contribution is -2.47. The molecule has 0 aromatic carbocycles. The number of likely N-dealkylation sites (N-methyl/N-ethyl adjacent to an activating group) is 2. The molecule has 0 radical (unpaired) electrons. The van der Waals surface area contributed by atoms with Crippen LogP contribution in [0.5, 0.6) is 0 Å². The zero-order valence-corrected chi connectivity index (χ0v) is 10.5. The number of β-amino-alcohol motifs (C(OH)–C–C–N with tert-alkyl or cyclic N) is 1. The minimum Gasteiger partial charge on any atom is -0.390 e. The highest BCUT2D eigenvalue weighted by Gasteiger charge is 2.31. The Morgan fingerprint density at radius 3 is 2.88 bits per heavy atom. The molecule has 3 atom stereocenters. The predicted octanol–water partition coefficient (Wildman–Crippen LogP) is -0.265. The highest BCUT2D eigenvalue weighted by molar-refractivity contribution is 4.90. The van der Waals surface area contributed by atoms with Crippen molar-refractivity contribution in [1.82, 2.24) is 15.1 Å². The number of aliphatic hydroxyl groups is 1. The molecule has 2 aliphatic rings. The zero-order valence-electron chi connectivity index (χ0n) is 10.5. The monoisotopic (exact) mass is 227 g/mol. The fourth-order valence-electron chi connectivity index (χ4n) is 3.09. The third-order valence-electron chi connectivity index (χ3n) is 4.12. The molecule has 2 rings (SSSR count). The molecule has 0 amide bonds. The average molecular weight is 227 g/mol. The van der Waals surface area contributed by atoms with Crippen LogP contribution in [-0.4, -0.2) is 72.9 Å². The molecule has 2 N–H and O–H groups in total. The Kier molecular flexibility index (Phi) is 4.19. The summed E-state index contributed by atoms with van der Waals surface area (Å²) in [7, 11) is 2.15. The van der Waals surface area contributed by atoms with E-state index in [1.807, 2.05) is 0 Å². The molecule has 0 aromatic heterocycles. The Labute approximate surface area is 98.6 Å². The van der Waals surface area contributed by atoms with Gasteiger partial charge in [0, 0.05) is 31.7 Å². The van der Waals surface area contributed by atoms with Crippen LogP contribution in [0.4, 0.5) is 0 Å². The Hall–Kier alpha value is -0.160. The van der Waals surface area contributed by atoms with Gasteiger partial charge in [0.1, 0.15) is 0 Å². The Morgan fingerprint density at radius 2 is 2.25 bits per heavy atom. The van der Waals surface area contributed by atoms with Crippen LogP contribution in [0.25, 0.3) is 0 Å². The number of rotatable bonds is 4. The topological polar surface area (TPSA) is 38.7 Å². The van der Waals surface area contributed by atoms with E-state index in [1.54, 1.807) is 0 Å². The van der Waals surface area contributed by atoms with Gasteiger partial charge >= 0.3 is 0 Å². The van der Waals surface area contributed by atoms with Crippen molar-refractivity contribution in [2.24, 2.45) is 0 Å². The molecule has 0 aromatic rings. The Balaban J connectivity index is 1.84. The van der Waals surface area contributed by atoms with Gasteiger partial charge in [-0.25, -0.2) is 0 Å². The Bertz CT molecular complexity index is 224. The number of nitrogens with zero attached hydrogens (tertiary/aromatic N) is 2. The summed E-state index contributed by atoms with van der Waals surface area (Å²) >= 11 is 0. The Morgan fingerprint density at radius 1 is 1.44 bits per heavy atom. The first kappa shape index (κ1) is 12.3. The summed E-state index contributed by atoms with van der Waals surface area (Å²) in [5.41, 5.74) is 0. The van der Waals surface area contributed by atoms with Gasteiger partial charge < -0.3 is 10.4 Å². The summed E-state index contributed by atoms with van der Waals surface area (Å²) in [5, 5.41) is 13.1. The molecular weight excluding hydrogens is 202 g/mol. The molecule has 4 heteroatoms. The number of hydrogen-bond donors (Lipinski definition) is 2. The number of likely N-dealkylation sites (tertiary alicyclic amines) is 1. The van der Waals surface area contributed by atoms with E-state index in [-0.39, 0.29) is 6.10 Å². The maximum absolute atomic E-state index is 9.84. The van der Waals surface area contributed by atoms with Crippen LogP contribution in [0, 0.1) is 0 Å². The van der Waals surface area contributed by atoms with Gasteiger partial charge in [-0.15, -0.1) is 0 Å². The van der Waals surface area contributed by atoms with Crippen molar-refractivity contribution in [3.63, 3.8) is 0 Å². The fraction of sp³-hybridized carbons (Fsp3) is 1.00. The lowest BCUT2D eigenvalue weighted by atomic mass is 10.1. The fourth-order valence-corrected chi connectivity index (χ4v) is 3.09. The number of hydrogen-bond acceptors (Lipinski definition) is 4. The van der Waals surface area contributed by atoms with Crippen LogP contribution in [0.3, 0.4) is 0 Å². The molecular formula is C12H25N3O. The van der Waals surface area contributed by atoms with E-state index in [0.29, 0.717) is 12.1 Å². The standard InChI is InChI=1S/C12H25N3O/c1-3-15-6-4-5-10(15)9-14(2)11-7-13-8-12(11)16/h10-13,16H,3-9H2,1-2H3. The summed E-state index contributed by atoms with van der Waals surface area (Å²) in [6.45, 7) is 7.42. The molecule has 2 fully saturated rings. The normalized spacial score (nSPS) is 36.4. The zero-order chi connectivity index (χ0) is 11.5. The minimum atomic E-state index is -0.193. The van der Waals surface area contributed by atoms with E-state index < -0.39 is 0 Å². The van der Waals surface area contributed by atoms with Gasteiger partial charge in [0.2, 0.25) is 0 Å². The van der Waals surface area contributed by atoms with Gasteiger partial charge in [-0.3, -0.25) is 9.80 Å². The molecule has 2 saturated heterocycles. The molecule has 0 bridgehead atoms. The van der Waals surface area contributed by atoms with Crippen molar-refractivity contribution in [2.45, 2.75) is 38.0 Å². The maximum Gasteiger partial charge on any atom is 0.0831 e. The number of aliphatic hydroxyl groups excluding tert-OH is 1. The molecule has 16 heavy (non-hydrogen) atoms. The minimum absolute atomic E-state index is 0.193. The van der Waals surface area contributed by atoms with E-state index in [2.05, 4.69) is 29.1 Å². The van der Waals surface area contributed by atoms with E-state index in [0.717, 1.165) is 26.2 Å². The van der Waals surface area contributed by atoms with E-state index in [4.69, 9.17) is 0 Å². The van der Waals surface area contributed by atoms with Crippen molar-refractivity contribution in [3.05, 3.63) is 0 Å². The summed E-state index contributed by atoms with van der Waals surface area (Å²) in [6, 6.07) is 1.00. The van der Waals surface area contributed by atoms with Gasteiger partial charge in [-0.05, 0) is 33.0 Å². The third kappa shape index (κ3) is 2.56. The van der Waals surface area contributed by atoms with E-state index in [9.17, 15) is 5.11 Å². The third-order valence-corrected chi connectivity index (χ3v) is 4.12. The van der Waals surface area contributed by atoms with Crippen LogP contribution in [0.15, 0.2) is 0 Å². The van der Waals surface area contributed by atoms with Gasteiger partial charge in [0.25, 0.3) is 0 Å². The predicted molar refractivity (Wildman–Crippen MR) is 65.6 cm³/mol. The van der Waals surface area contributed by atoms with Crippen LogP contribution in [0.1, 0.15) is 19.8 Å². The molecule has 3 unspecified atom stereocenters. The lowest BCUT2D eigenvalue weighted by Gasteiger charge is -2.32. The van der Waals surface area contributed by atoms with Gasteiger partial charge in [0.05, 0.1) is 6.10 Å². The highest BCUT2D eigenvalue weighted by Crippen LogP contribution is 2.19. The smallest absolute Gasteiger partial charge is 0.0831 e. The second-order valence-electron chi connectivity index (χ2n) is 5.16. The highest BCUT2D eigenvalue weighted by atomic mass is 16.3. The second-order valence-corrected chi connectivity index (χ2v) is 5.16. The molecule has 2 aliphatic heterocycles. The molecule has 0 aliphatic carbocycles. The first-order valence-electron chi connectivity index (χ1n) is 6.55. The summed E-state index contributed by atoms with van der Waals surface area (Å²) < 4.78 is 0. The first-order valence-corrected chi connectivity index (χ1v) is 6.55. The average Bonchev–Trinajstić information content (AvgIpc) is 2.86. The van der Waals surface area contributed by atoms with Crippen LogP contribution < -0.4 is 5.32 Å². The molecule has 4 nitrogen and oxygen atoms in total. The lowest BCUT2D eigenvalue weighted by molar-refractivity contribution is 0.0822. The van der Waals surface area contributed by atoms with E-state index >= 15 is 0 Å². The van der Waals surface area contributed by atoms with Gasteiger partial charge in [-0.2, -0.15) is 0 Å².